The zero-order chi connectivity index (χ0) is 13.8. The molecule has 0 spiro atoms. The number of rotatable bonds is 5. The predicted molar refractivity (Wildman–Crippen MR) is 73.8 cm³/mol. The van der Waals surface area contributed by atoms with Crippen molar-refractivity contribution in [2.24, 2.45) is 7.05 Å². The fraction of sp³-hybridized carbons (Fsp3) is 0.286. The van der Waals surface area contributed by atoms with Crippen LogP contribution in [0.5, 0.6) is 5.75 Å². The van der Waals surface area contributed by atoms with Crippen molar-refractivity contribution in [3.63, 3.8) is 0 Å². The lowest BCUT2D eigenvalue weighted by Crippen LogP contribution is -2.03. The lowest BCUT2D eigenvalue weighted by molar-refractivity contribution is 0.112. The van der Waals surface area contributed by atoms with E-state index in [1.165, 1.54) is 0 Å². The normalized spacial score (nSPS) is 10.5. The summed E-state index contributed by atoms with van der Waals surface area (Å²) in [4.78, 5) is 10.7. The molecule has 0 aliphatic rings. The molecule has 0 atom stereocenters. The second-order valence-corrected chi connectivity index (χ2v) is 4.54. The van der Waals surface area contributed by atoms with Crippen LogP contribution in [0.15, 0.2) is 24.3 Å². The highest BCUT2D eigenvalue weighted by Crippen LogP contribution is 2.22. The largest absolute Gasteiger partial charge is 0.487 e. The molecule has 4 nitrogen and oxygen atoms in total. The molecule has 0 N–H and O–H groups in total. The van der Waals surface area contributed by atoms with Crippen molar-refractivity contribution < 1.29 is 9.53 Å². The quantitative estimate of drug-likeness (QED) is 0.790. The SMILES string of the molecule is CCc1nn(C)c(COc2cccc(C=O)c2)c1Cl. The molecule has 2 aromatic rings. The van der Waals surface area contributed by atoms with Crippen molar-refractivity contribution in [2.75, 3.05) is 0 Å². The van der Waals surface area contributed by atoms with Crippen LogP contribution in [0.4, 0.5) is 0 Å². The average molecular weight is 279 g/mol. The number of ether oxygens (including phenoxy) is 1. The molecule has 0 radical (unpaired) electrons. The molecular formula is C14H15ClN2O2. The molecular weight excluding hydrogens is 264 g/mol. The first-order valence-corrected chi connectivity index (χ1v) is 6.41. The average Bonchev–Trinajstić information content (AvgIpc) is 2.71. The van der Waals surface area contributed by atoms with Gasteiger partial charge >= 0.3 is 0 Å². The molecule has 0 amide bonds. The van der Waals surface area contributed by atoms with Crippen molar-refractivity contribution in [1.29, 1.82) is 0 Å². The first kappa shape index (κ1) is 13.6. The molecule has 2 rings (SSSR count). The number of aldehydes is 1. The van der Waals surface area contributed by atoms with Gasteiger partial charge in [-0.2, -0.15) is 5.10 Å². The predicted octanol–water partition coefficient (Wildman–Crippen LogP) is 3.03. The molecule has 0 aliphatic heterocycles. The molecule has 0 fully saturated rings. The Morgan fingerprint density at radius 2 is 2.26 bits per heavy atom. The van der Waals surface area contributed by atoms with Crippen molar-refractivity contribution in [1.82, 2.24) is 9.78 Å². The Hall–Kier alpha value is -1.81. The summed E-state index contributed by atoms with van der Waals surface area (Å²) in [6.07, 6.45) is 1.58. The van der Waals surface area contributed by atoms with Gasteiger partial charge in [-0.3, -0.25) is 9.48 Å². The van der Waals surface area contributed by atoms with Crippen LogP contribution in [0.2, 0.25) is 5.02 Å². The highest BCUT2D eigenvalue weighted by Gasteiger charge is 2.13. The number of carbonyl (C=O) groups excluding carboxylic acids is 1. The van der Waals surface area contributed by atoms with E-state index < -0.39 is 0 Å². The molecule has 1 aromatic carbocycles. The number of aromatic nitrogens is 2. The zero-order valence-corrected chi connectivity index (χ0v) is 11.6. The molecule has 5 heteroatoms. The van der Waals surface area contributed by atoms with Gasteiger partial charge in [-0.15, -0.1) is 0 Å². The molecule has 0 unspecified atom stereocenters. The number of halogens is 1. The number of benzene rings is 1. The fourth-order valence-corrected chi connectivity index (χ4v) is 2.15. The van der Waals surface area contributed by atoms with Gasteiger partial charge in [0.15, 0.2) is 0 Å². The van der Waals surface area contributed by atoms with E-state index >= 15 is 0 Å². The van der Waals surface area contributed by atoms with Crippen LogP contribution in [0.3, 0.4) is 0 Å². The van der Waals surface area contributed by atoms with Gasteiger partial charge in [-0.1, -0.05) is 30.7 Å². The summed E-state index contributed by atoms with van der Waals surface area (Å²) in [5, 5.41) is 4.97. The Morgan fingerprint density at radius 1 is 1.47 bits per heavy atom. The molecule has 0 saturated heterocycles. The number of aryl methyl sites for hydroxylation is 2. The third kappa shape index (κ3) is 2.96. The van der Waals surface area contributed by atoms with E-state index in [4.69, 9.17) is 16.3 Å². The van der Waals surface area contributed by atoms with E-state index in [-0.39, 0.29) is 0 Å². The van der Waals surface area contributed by atoms with Crippen LogP contribution in [-0.2, 0) is 20.1 Å². The van der Waals surface area contributed by atoms with Gasteiger partial charge in [0.2, 0.25) is 0 Å². The summed E-state index contributed by atoms with van der Waals surface area (Å²) in [7, 11) is 1.84. The zero-order valence-electron chi connectivity index (χ0n) is 10.9. The maximum Gasteiger partial charge on any atom is 0.150 e. The van der Waals surface area contributed by atoms with E-state index in [0.29, 0.717) is 22.9 Å². The van der Waals surface area contributed by atoms with Gasteiger partial charge < -0.3 is 4.74 Å². The molecule has 0 saturated carbocycles. The smallest absolute Gasteiger partial charge is 0.150 e. The van der Waals surface area contributed by atoms with Gasteiger partial charge in [0.05, 0.1) is 16.4 Å². The summed E-state index contributed by atoms with van der Waals surface area (Å²) in [6.45, 7) is 2.33. The molecule has 0 aliphatic carbocycles. The van der Waals surface area contributed by atoms with Gasteiger partial charge in [0.25, 0.3) is 0 Å². The lowest BCUT2D eigenvalue weighted by Gasteiger charge is -2.07. The van der Waals surface area contributed by atoms with Crippen LogP contribution in [0, 0.1) is 0 Å². The number of nitrogens with zero attached hydrogens (tertiary/aromatic N) is 2. The van der Waals surface area contributed by atoms with Crippen LogP contribution in [0.1, 0.15) is 28.7 Å². The van der Waals surface area contributed by atoms with E-state index in [1.807, 2.05) is 14.0 Å². The number of carbonyl (C=O) groups is 1. The third-order valence-electron chi connectivity index (χ3n) is 2.87. The summed E-state index contributed by atoms with van der Waals surface area (Å²) in [6, 6.07) is 7.00. The summed E-state index contributed by atoms with van der Waals surface area (Å²) in [5.74, 6) is 0.639. The van der Waals surface area contributed by atoms with Gasteiger partial charge in [-0.25, -0.2) is 0 Å². The van der Waals surface area contributed by atoms with E-state index in [9.17, 15) is 4.79 Å². The Balaban J connectivity index is 2.14. The monoisotopic (exact) mass is 278 g/mol. The van der Waals surface area contributed by atoms with Crippen LogP contribution >= 0.6 is 11.6 Å². The van der Waals surface area contributed by atoms with E-state index in [0.717, 1.165) is 24.1 Å². The Bertz CT molecular complexity index is 593. The Morgan fingerprint density at radius 3 is 2.89 bits per heavy atom. The summed E-state index contributed by atoms with van der Waals surface area (Å²) >= 11 is 6.24. The third-order valence-corrected chi connectivity index (χ3v) is 3.31. The maximum atomic E-state index is 10.7. The maximum absolute atomic E-state index is 10.7. The molecule has 1 aromatic heterocycles. The van der Waals surface area contributed by atoms with Gasteiger partial charge in [0.1, 0.15) is 18.6 Å². The van der Waals surface area contributed by atoms with Gasteiger partial charge in [-0.05, 0) is 18.6 Å². The second-order valence-electron chi connectivity index (χ2n) is 4.16. The minimum Gasteiger partial charge on any atom is -0.487 e. The topological polar surface area (TPSA) is 44.1 Å². The molecule has 1 heterocycles. The van der Waals surface area contributed by atoms with Crippen LogP contribution < -0.4 is 4.74 Å². The number of hydrogen-bond acceptors (Lipinski definition) is 3. The van der Waals surface area contributed by atoms with E-state index in [1.54, 1.807) is 28.9 Å². The van der Waals surface area contributed by atoms with Crippen LogP contribution in [-0.4, -0.2) is 16.1 Å². The van der Waals surface area contributed by atoms with Gasteiger partial charge in [0, 0.05) is 12.6 Å². The number of hydrogen-bond donors (Lipinski definition) is 0. The fourth-order valence-electron chi connectivity index (χ4n) is 1.81. The van der Waals surface area contributed by atoms with Crippen LogP contribution in [0.25, 0.3) is 0 Å². The lowest BCUT2D eigenvalue weighted by atomic mass is 10.2. The second kappa shape index (κ2) is 5.89. The summed E-state index contributed by atoms with van der Waals surface area (Å²) in [5.41, 5.74) is 2.28. The first-order chi connectivity index (χ1) is 9.15. The van der Waals surface area contributed by atoms with E-state index in [2.05, 4.69) is 5.10 Å². The molecule has 19 heavy (non-hydrogen) atoms. The first-order valence-electron chi connectivity index (χ1n) is 6.04. The Kier molecular flexibility index (Phi) is 4.22. The van der Waals surface area contributed by atoms with Crippen molar-refractivity contribution >= 4 is 17.9 Å². The highest BCUT2D eigenvalue weighted by atomic mass is 35.5. The standard InChI is InChI=1S/C14H15ClN2O2/c1-3-12-14(15)13(17(2)16-12)9-19-11-6-4-5-10(7-11)8-18/h4-8H,3,9H2,1-2H3. The van der Waals surface area contributed by atoms with Crippen molar-refractivity contribution in [3.05, 3.63) is 46.2 Å². The Labute approximate surface area is 116 Å². The highest BCUT2D eigenvalue weighted by molar-refractivity contribution is 6.31. The minimum absolute atomic E-state index is 0.324. The molecule has 100 valence electrons. The molecule has 0 bridgehead atoms. The van der Waals surface area contributed by atoms with Crippen molar-refractivity contribution in [2.45, 2.75) is 20.0 Å². The summed E-state index contributed by atoms with van der Waals surface area (Å²) < 4.78 is 7.38. The minimum atomic E-state index is 0.324. The van der Waals surface area contributed by atoms with Crippen molar-refractivity contribution in [3.8, 4) is 5.75 Å².